The Morgan fingerprint density at radius 2 is 1.90 bits per heavy atom. The average molecular weight is 163 g/mol. The predicted octanol–water partition coefficient (Wildman–Crippen LogP) is 0.954. The van der Waals surface area contributed by atoms with Gasteiger partial charge in [-0.3, -0.25) is 4.79 Å². The number of carbonyl (C=O) groups excluding carboxylic acids is 1. The fraction of sp³-hybridized carbons (Fsp3) is 0.857. The molecule has 10 heavy (non-hydrogen) atoms. The van der Waals surface area contributed by atoms with Gasteiger partial charge in [0.1, 0.15) is 4.87 Å². The van der Waals surface area contributed by atoms with Gasteiger partial charge < -0.3 is 5.11 Å². The van der Waals surface area contributed by atoms with Crippen molar-refractivity contribution in [1.29, 1.82) is 0 Å². The van der Waals surface area contributed by atoms with Gasteiger partial charge in [-0.25, -0.2) is 0 Å². The van der Waals surface area contributed by atoms with Crippen LogP contribution in [0.2, 0.25) is 0 Å². The maximum absolute atomic E-state index is 11.1. The van der Waals surface area contributed by atoms with Crippen LogP contribution in [-0.4, -0.2) is 21.9 Å². The summed E-state index contributed by atoms with van der Waals surface area (Å²) in [4.78, 5) is 10.1. The lowest BCUT2D eigenvalue weighted by Gasteiger charge is -2.50. The Morgan fingerprint density at radius 3 is 2.00 bits per heavy atom. The zero-order chi connectivity index (χ0) is 8.15. The van der Waals surface area contributed by atoms with E-state index in [0.29, 0.717) is 0 Å². The molecule has 0 aromatic rings. The van der Waals surface area contributed by atoms with Crippen molar-refractivity contribution >= 4 is 17.4 Å². The fourth-order valence-electron chi connectivity index (χ4n) is 1.48. The lowest BCUT2D eigenvalue weighted by molar-refractivity contribution is -0.158. The van der Waals surface area contributed by atoms with Crippen LogP contribution in [0.3, 0.4) is 0 Å². The van der Waals surface area contributed by atoms with E-state index in [1.807, 2.05) is 0 Å². The first-order valence-electron chi connectivity index (χ1n) is 3.23. The number of halogens is 1. The average Bonchev–Trinajstić information content (AvgIpc) is 1.84. The van der Waals surface area contributed by atoms with Crippen LogP contribution < -0.4 is 0 Å². The van der Waals surface area contributed by atoms with E-state index in [9.17, 15) is 9.90 Å². The smallest absolute Gasteiger partial charge is 0.164 e. The number of hydrogen-bond acceptors (Lipinski definition) is 2. The molecule has 0 bridgehead atoms. The summed E-state index contributed by atoms with van der Waals surface area (Å²) in [6, 6.07) is 0. The molecule has 0 radical (unpaired) electrons. The first kappa shape index (κ1) is 8.02. The molecular weight excluding hydrogens is 152 g/mol. The number of carbonyl (C=O) groups is 1. The summed E-state index contributed by atoms with van der Waals surface area (Å²) in [7, 11) is 0. The summed E-state index contributed by atoms with van der Waals surface area (Å²) in [6.07, 6.45) is -0.714. The largest absolute Gasteiger partial charge is 0.390 e. The first-order valence-corrected chi connectivity index (χ1v) is 3.61. The highest BCUT2D eigenvalue weighted by Gasteiger charge is 2.63. The van der Waals surface area contributed by atoms with Crippen molar-refractivity contribution in [3.8, 4) is 0 Å². The van der Waals surface area contributed by atoms with Crippen LogP contribution in [0.4, 0.5) is 0 Å². The van der Waals surface area contributed by atoms with Gasteiger partial charge in [-0.15, -0.1) is 11.6 Å². The number of Topliss-reactive ketones (excluding diaryl/α,β-unsaturated/α-hetero) is 1. The molecule has 1 N–H and O–H groups in total. The summed E-state index contributed by atoms with van der Waals surface area (Å²) in [5, 5.41) is 9.32. The molecule has 2 unspecified atom stereocenters. The number of rotatable bonds is 0. The zero-order valence-electron chi connectivity index (χ0n) is 6.31. The van der Waals surface area contributed by atoms with Crippen LogP contribution in [-0.2, 0) is 4.79 Å². The summed E-state index contributed by atoms with van der Waals surface area (Å²) < 4.78 is 0. The van der Waals surface area contributed by atoms with Crippen molar-refractivity contribution in [2.24, 2.45) is 5.41 Å². The number of hydrogen-bond donors (Lipinski definition) is 1. The topological polar surface area (TPSA) is 37.3 Å². The van der Waals surface area contributed by atoms with Crippen LogP contribution in [0.25, 0.3) is 0 Å². The van der Waals surface area contributed by atoms with E-state index in [1.54, 1.807) is 20.8 Å². The molecule has 2 atom stereocenters. The minimum absolute atomic E-state index is 0.0748. The van der Waals surface area contributed by atoms with Crippen molar-refractivity contribution in [2.75, 3.05) is 0 Å². The second-order valence-corrected chi connectivity index (χ2v) is 4.31. The molecule has 0 aromatic carbocycles. The summed E-state index contributed by atoms with van der Waals surface area (Å²) >= 11 is 5.69. The van der Waals surface area contributed by atoms with Gasteiger partial charge in [0.15, 0.2) is 5.78 Å². The van der Waals surface area contributed by atoms with Crippen molar-refractivity contribution in [1.82, 2.24) is 0 Å². The van der Waals surface area contributed by atoms with Crippen LogP contribution in [0.5, 0.6) is 0 Å². The van der Waals surface area contributed by atoms with Crippen LogP contribution in [0, 0.1) is 5.41 Å². The van der Waals surface area contributed by atoms with Crippen LogP contribution >= 0.6 is 11.6 Å². The number of aliphatic hydroxyl groups excluding tert-OH is 1. The third-order valence-electron chi connectivity index (χ3n) is 2.23. The van der Waals surface area contributed by atoms with E-state index in [0.717, 1.165) is 0 Å². The van der Waals surface area contributed by atoms with Crippen molar-refractivity contribution in [2.45, 2.75) is 31.7 Å². The van der Waals surface area contributed by atoms with Gasteiger partial charge in [0.05, 0.1) is 11.5 Å². The maximum Gasteiger partial charge on any atom is 0.164 e. The second kappa shape index (κ2) is 1.74. The SMILES string of the molecule is CC1(C)C(=O)C(C)(Cl)C1O. The van der Waals surface area contributed by atoms with Crippen LogP contribution in [0.1, 0.15) is 20.8 Å². The Labute approximate surface area is 65.2 Å². The molecule has 0 amide bonds. The molecular formula is C7H11ClO2. The number of ketones is 1. The highest BCUT2D eigenvalue weighted by atomic mass is 35.5. The molecule has 0 heterocycles. The standard InChI is InChI=1S/C7H11ClO2/c1-6(2)4(9)7(3,8)5(6)10/h4,9H,1-3H3. The third-order valence-corrected chi connectivity index (χ3v) is 2.60. The highest BCUT2D eigenvalue weighted by molar-refractivity contribution is 6.39. The molecule has 0 aromatic heterocycles. The highest BCUT2D eigenvalue weighted by Crippen LogP contribution is 2.48. The maximum atomic E-state index is 11.1. The Morgan fingerprint density at radius 1 is 1.50 bits per heavy atom. The van der Waals surface area contributed by atoms with E-state index in [-0.39, 0.29) is 5.78 Å². The van der Waals surface area contributed by atoms with Gasteiger partial charge >= 0.3 is 0 Å². The quantitative estimate of drug-likeness (QED) is 0.539. The summed E-state index contributed by atoms with van der Waals surface area (Å²) in [5.41, 5.74) is -0.642. The molecule has 0 saturated heterocycles. The Kier molecular flexibility index (Phi) is 1.40. The summed E-state index contributed by atoms with van der Waals surface area (Å²) in [6.45, 7) is 4.95. The second-order valence-electron chi connectivity index (χ2n) is 3.53. The van der Waals surface area contributed by atoms with E-state index >= 15 is 0 Å². The van der Waals surface area contributed by atoms with Crippen molar-refractivity contribution in [3.05, 3.63) is 0 Å². The lowest BCUT2D eigenvalue weighted by atomic mass is 9.60. The number of aliphatic hydroxyl groups is 1. The summed E-state index contributed by atoms with van der Waals surface area (Å²) in [5.74, 6) is -0.0748. The molecule has 1 aliphatic carbocycles. The lowest BCUT2D eigenvalue weighted by Crippen LogP contribution is -2.67. The molecule has 1 rings (SSSR count). The van der Waals surface area contributed by atoms with Crippen LogP contribution in [0.15, 0.2) is 0 Å². The minimum Gasteiger partial charge on any atom is -0.390 e. The molecule has 1 fully saturated rings. The molecule has 1 saturated carbocycles. The Bertz CT molecular complexity index is 166. The van der Waals surface area contributed by atoms with E-state index in [1.165, 1.54) is 0 Å². The van der Waals surface area contributed by atoms with Gasteiger partial charge in [0.25, 0.3) is 0 Å². The monoisotopic (exact) mass is 162 g/mol. The molecule has 58 valence electrons. The molecule has 2 nitrogen and oxygen atoms in total. The zero-order valence-corrected chi connectivity index (χ0v) is 7.07. The van der Waals surface area contributed by atoms with Crippen molar-refractivity contribution in [3.63, 3.8) is 0 Å². The van der Waals surface area contributed by atoms with Gasteiger partial charge in [0.2, 0.25) is 0 Å². The first-order chi connectivity index (χ1) is 4.31. The predicted molar refractivity (Wildman–Crippen MR) is 39.1 cm³/mol. The number of alkyl halides is 1. The van der Waals surface area contributed by atoms with Crippen molar-refractivity contribution < 1.29 is 9.90 Å². The molecule has 1 aliphatic rings. The van der Waals surface area contributed by atoms with Gasteiger partial charge in [-0.2, -0.15) is 0 Å². The van der Waals surface area contributed by atoms with E-state index in [4.69, 9.17) is 11.6 Å². The minimum atomic E-state index is -1.04. The van der Waals surface area contributed by atoms with E-state index in [2.05, 4.69) is 0 Å². The van der Waals surface area contributed by atoms with Gasteiger partial charge in [-0.1, -0.05) is 13.8 Å². The van der Waals surface area contributed by atoms with E-state index < -0.39 is 16.4 Å². The third kappa shape index (κ3) is 0.663. The molecule has 0 spiro atoms. The molecule has 0 aliphatic heterocycles. The normalized spacial score (nSPS) is 44.9. The Balaban J connectivity index is 2.89. The molecule has 3 heteroatoms. The Hall–Kier alpha value is -0.0800. The van der Waals surface area contributed by atoms with Gasteiger partial charge in [0, 0.05) is 0 Å². The van der Waals surface area contributed by atoms with Gasteiger partial charge in [-0.05, 0) is 6.92 Å². The fourth-order valence-corrected chi connectivity index (χ4v) is 1.99.